The molecule has 1 fully saturated rings. The molecule has 1 aliphatic rings. The zero-order chi connectivity index (χ0) is 6.04. The second-order valence-electron chi connectivity index (χ2n) is 2.75. The Balaban J connectivity index is 2.40. The fourth-order valence-corrected chi connectivity index (χ4v) is 1.03. The van der Waals surface area contributed by atoms with Crippen LogP contribution in [0, 0.1) is 5.41 Å². The van der Waals surface area contributed by atoms with E-state index in [1.165, 1.54) is 0 Å². The summed E-state index contributed by atoms with van der Waals surface area (Å²) in [5, 5.41) is 0. The van der Waals surface area contributed by atoms with Crippen LogP contribution in [0.3, 0.4) is 0 Å². The van der Waals surface area contributed by atoms with Crippen LogP contribution in [0.1, 0.15) is 13.3 Å². The monoisotopic (exact) mass is 134 g/mol. The third kappa shape index (κ3) is 1.15. The van der Waals surface area contributed by atoms with Gasteiger partial charge in [-0.1, -0.05) is 6.92 Å². The molecule has 0 radical (unpaired) electrons. The van der Waals surface area contributed by atoms with Crippen molar-refractivity contribution in [2.75, 3.05) is 19.1 Å². The summed E-state index contributed by atoms with van der Waals surface area (Å²) in [5.74, 6) is 0.729. The second kappa shape index (κ2) is 2.24. The highest BCUT2D eigenvalue weighted by atomic mass is 35.5. The van der Waals surface area contributed by atoms with Gasteiger partial charge in [0.1, 0.15) is 0 Å². The van der Waals surface area contributed by atoms with Crippen molar-refractivity contribution in [1.82, 2.24) is 0 Å². The third-order valence-corrected chi connectivity index (χ3v) is 2.27. The summed E-state index contributed by atoms with van der Waals surface area (Å²) in [6.07, 6.45) is 1.12. The Kier molecular flexibility index (Phi) is 1.78. The normalized spacial score (nSPS) is 38.2. The Morgan fingerprint density at radius 1 is 1.75 bits per heavy atom. The topological polar surface area (TPSA) is 9.23 Å². The maximum Gasteiger partial charge on any atom is 0.0532 e. The van der Waals surface area contributed by atoms with E-state index >= 15 is 0 Å². The fourth-order valence-electron chi connectivity index (χ4n) is 0.815. The molecule has 1 heterocycles. The first kappa shape index (κ1) is 6.37. The quantitative estimate of drug-likeness (QED) is 0.496. The Hall–Kier alpha value is 0.250. The summed E-state index contributed by atoms with van der Waals surface area (Å²) in [6.45, 7) is 3.90. The molecule has 0 aromatic rings. The van der Waals surface area contributed by atoms with Crippen LogP contribution in [-0.2, 0) is 4.74 Å². The average Bonchev–Trinajstić information content (AvgIpc) is 2.17. The van der Waals surface area contributed by atoms with Crippen LogP contribution in [0.5, 0.6) is 0 Å². The maximum atomic E-state index is 5.67. The summed E-state index contributed by atoms with van der Waals surface area (Å²) >= 11 is 5.67. The molecule has 0 aromatic carbocycles. The maximum absolute atomic E-state index is 5.67. The third-order valence-electron chi connectivity index (χ3n) is 1.62. The zero-order valence-corrected chi connectivity index (χ0v) is 5.87. The first-order valence-electron chi connectivity index (χ1n) is 2.91. The van der Waals surface area contributed by atoms with Crippen molar-refractivity contribution in [2.45, 2.75) is 13.3 Å². The highest BCUT2D eigenvalue weighted by Gasteiger charge is 2.28. The molecule has 1 saturated heterocycles. The zero-order valence-electron chi connectivity index (χ0n) is 5.11. The van der Waals surface area contributed by atoms with Crippen molar-refractivity contribution in [3.63, 3.8) is 0 Å². The molecular formula is C6H11ClO. The molecule has 1 nitrogen and oxygen atoms in total. The molecule has 1 atom stereocenters. The molecule has 2 heteroatoms. The van der Waals surface area contributed by atoms with Gasteiger partial charge in [-0.05, 0) is 6.42 Å². The van der Waals surface area contributed by atoms with Crippen LogP contribution in [-0.4, -0.2) is 19.1 Å². The molecule has 0 N–H and O–H groups in total. The van der Waals surface area contributed by atoms with Gasteiger partial charge in [0.05, 0.1) is 6.61 Å². The molecule has 0 bridgehead atoms. The van der Waals surface area contributed by atoms with Crippen molar-refractivity contribution in [3.05, 3.63) is 0 Å². The van der Waals surface area contributed by atoms with E-state index < -0.39 is 0 Å². The number of rotatable bonds is 1. The van der Waals surface area contributed by atoms with Crippen LogP contribution < -0.4 is 0 Å². The first-order valence-corrected chi connectivity index (χ1v) is 3.44. The van der Waals surface area contributed by atoms with Crippen molar-refractivity contribution in [3.8, 4) is 0 Å². The highest BCUT2D eigenvalue weighted by Crippen LogP contribution is 2.28. The summed E-state index contributed by atoms with van der Waals surface area (Å²) in [6, 6.07) is 0. The van der Waals surface area contributed by atoms with Gasteiger partial charge < -0.3 is 4.74 Å². The largest absolute Gasteiger partial charge is 0.381 e. The molecule has 0 spiro atoms. The Labute approximate surface area is 55.0 Å². The van der Waals surface area contributed by atoms with Crippen molar-refractivity contribution < 1.29 is 4.74 Å². The van der Waals surface area contributed by atoms with E-state index in [1.807, 2.05) is 0 Å². The SMILES string of the molecule is C[C@]1(CCl)CCOC1. The lowest BCUT2D eigenvalue weighted by Gasteiger charge is -2.15. The standard InChI is InChI=1S/C6H11ClO/c1-6(4-7)2-3-8-5-6/h2-5H2,1H3/t6-/m1/s1. The first-order chi connectivity index (χ1) is 3.77. The van der Waals surface area contributed by atoms with Crippen LogP contribution in [0.2, 0.25) is 0 Å². The minimum absolute atomic E-state index is 0.279. The highest BCUT2D eigenvalue weighted by molar-refractivity contribution is 6.18. The molecule has 8 heavy (non-hydrogen) atoms. The molecule has 0 aromatic heterocycles. The lowest BCUT2D eigenvalue weighted by atomic mass is 9.93. The van der Waals surface area contributed by atoms with E-state index in [2.05, 4.69) is 6.92 Å². The van der Waals surface area contributed by atoms with Crippen LogP contribution in [0.15, 0.2) is 0 Å². The number of halogens is 1. The summed E-state index contributed by atoms with van der Waals surface area (Å²) in [5.41, 5.74) is 0.279. The van der Waals surface area contributed by atoms with Crippen molar-refractivity contribution in [2.24, 2.45) is 5.41 Å². The van der Waals surface area contributed by atoms with E-state index in [9.17, 15) is 0 Å². The van der Waals surface area contributed by atoms with Crippen LogP contribution in [0.4, 0.5) is 0 Å². The minimum Gasteiger partial charge on any atom is -0.381 e. The van der Waals surface area contributed by atoms with Gasteiger partial charge in [0.25, 0.3) is 0 Å². The Bertz CT molecular complexity index is 76.6. The van der Waals surface area contributed by atoms with Gasteiger partial charge in [-0.2, -0.15) is 0 Å². The number of hydrogen-bond donors (Lipinski definition) is 0. The number of hydrogen-bond acceptors (Lipinski definition) is 1. The van der Waals surface area contributed by atoms with E-state index in [0.717, 1.165) is 25.5 Å². The number of alkyl halides is 1. The smallest absolute Gasteiger partial charge is 0.0532 e. The van der Waals surface area contributed by atoms with Gasteiger partial charge in [-0.25, -0.2) is 0 Å². The van der Waals surface area contributed by atoms with Crippen LogP contribution in [0.25, 0.3) is 0 Å². The van der Waals surface area contributed by atoms with E-state index in [4.69, 9.17) is 16.3 Å². The van der Waals surface area contributed by atoms with E-state index in [-0.39, 0.29) is 5.41 Å². The van der Waals surface area contributed by atoms with Gasteiger partial charge in [-0.3, -0.25) is 0 Å². The molecule has 0 saturated carbocycles. The van der Waals surface area contributed by atoms with Gasteiger partial charge in [-0.15, -0.1) is 11.6 Å². The lowest BCUT2D eigenvalue weighted by Crippen LogP contribution is -2.17. The summed E-state index contributed by atoms with van der Waals surface area (Å²) in [7, 11) is 0. The molecule has 1 rings (SSSR count). The number of ether oxygens (including phenoxy) is 1. The van der Waals surface area contributed by atoms with E-state index in [1.54, 1.807) is 0 Å². The lowest BCUT2D eigenvalue weighted by molar-refractivity contribution is 0.168. The van der Waals surface area contributed by atoms with Gasteiger partial charge in [0.15, 0.2) is 0 Å². The van der Waals surface area contributed by atoms with Gasteiger partial charge in [0, 0.05) is 17.9 Å². The Morgan fingerprint density at radius 3 is 2.75 bits per heavy atom. The van der Waals surface area contributed by atoms with Crippen molar-refractivity contribution in [1.29, 1.82) is 0 Å². The van der Waals surface area contributed by atoms with Gasteiger partial charge in [0.2, 0.25) is 0 Å². The van der Waals surface area contributed by atoms with E-state index in [0.29, 0.717) is 0 Å². The molecule has 48 valence electrons. The molecule has 1 aliphatic heterocycles. The Morgan fingerprint density at radius 2 is 2.50 bits per heavy atom. The van der Waals surface area contributed by atoms with Gasteiger partial charge >= 0.3 is 0 Å². The molecule has 0 unspecified atom stereocenters. The minimum atomic E-state index is 0.279. The fraction of sp³-hybridized carbons (Fsp3) is 1.00. The van der Waals surface area contributed by atoms with Crippen molar-refractivity contribution >= 4 is 11.6 Å². The predicted molar refractivity (Wildman–Crippen MR) is 34.3 cm³/mol. The summed E-state index contributed by atoms with van der Waals surface area (Å²) < 4.78 is 5.17. The average molecular weight is 135 g/mol. The molecule has 0 aliphatic carbocycles. The van der Waals surface area contributed by atoms with Crippen LogP contribution >= 0.6 is 11.6 Å². The predicted octanol–water partition coefficient (Wildman–Crippen LogP) is 1.65. The molecule has 0 amide bonds. The second-order valence-corrected chi connectivity index (χ2v) is 3.01. The molecular weight excluding hydrogens is 124 g/mol. The summed E-state index contributed by atoms with van der Waals surface area (Å²) in [4.78, 5) is 0.